The molecule has 0 aliphatic carbocycles. The topological polar surface area (TPSA) is 113 Å². The highest BCUT2D eigenvalue weighted by atomic mass is 16.5. The minimum absolute atomic E-state index is 0.0748. The van der Waals surface area contributed by atoms with Crippen molar-refractivity contribution in [3.63, 3.8) is 0 Å². The Morgan fingerprint density at radius 1 is 1.10 bits per heavy atom. The van der Waals surface area contributed by atoms with E-state index in [2.05, 4.69) is 26.0 Å². The average Bonchev–Trinajstić information content (AvgIpc) is 3.30. The summed E-state index contributed by atoms with van der Waals surface area (Å²) in [6, 6.07) is 14.9. The Balaban J connectivity index is 1.23. The number of hydrogen-bond acceptors (Lipinski definition) is 7. The van der Waals surface area contributed by atoms with E-state index in [0.717, 1.165) is 24.2 Å². The first-order chi connectivity index (χ1) is 14.7. The second kappa shape index (κ2) is 9.17. The van der Waals surface area contributed by atoms with Crippen molar-refractivity contribution in [3.05, 3.63) is 60.4 Å². The SMILES string of the molecule is O=C(NCC(=O)N1CCC(Nc2cccnn2)CC1)c1cc(-c2ccccc2)on1. The second-order valence-corrected chi connectivity index (χ2v) is 7.03. The number of amides is 2. The first-order valence-corrected chi connectivity index (χ1v) is 9.81. The van der Waals surface area contributed by atoms with E-state index in [1.165, 1.54) is 0 Å². The second-order valence-electron chi connectivity index (χ2n) is 7.03. The molecule has 4 rings (SSSR count). The monoisotopic (exact) mass is 406 g/mol. The normalized spacial score (nSPS) is 14.3. The molecule has 9 heteroatoms. The van der Waals surface area contributed by atoms with Crippen LogP contribution in [0.5, 0.6) is 0 Å². The maximum absolute atomic E-state index is 12.5. The summed E-state index contributed by atoms with van der Waals surface area (Å²) < 4.78 is 5.23. The van der Waals surface area contributed by atoms with Crippen molar-refractivity contribution in [2.24, 2.45) is 0 Å². The zero-order valence-electron chi connectivity index (χ0n) is 16.3. The van der Waals surface area contributed by atoms with E-state index in [1.54, 1.807) is 17.2 Å². The highest BCUT2D eigenvalue weighted by Gasteiger charge is 2.23. The van der Waals surface area contributed by atoms with Gasteiger partial charge in [0.05, 0.1) is 6.54 Å². The number of anilines is 1. The Kier molecular flexibility index (Phi) is 5.98. The fraction of sp³-hybridized carbons (Fsp3) is 0.286. The van der Waals surface area contributed by atoms with Gasteiger partial charge in [0, 0.05) is 37.0 Å². The van der Waals surface area contributed by atoms with E-state index < -0.39 is 5.91 Å². The van der Waals surface area contributed by atoms with E-state index in [0.29, 0.717) is 18.8 Å². The molecule has 2 amide bonds. The first-order valence-electron chi connectivity index (χ1n) is 9.81. The molecule has 9 nitrogen and oxygen atoms in total. The van der Waals surface area contributed by atoms with Gasteiger partial charge in [-0.2, -0.15) is 5.10 Å². The van der Waals surface area contributed by atoms with Crippen molar-refractivity contribution in [1.29, 1.82) is 0 Å². The Hall–Kier alpha value is -3.75. The van der Waals surface area contributed by atoms with E-state index >= 15 is 0 Å². The Morgan fingerprint density at radius 3 is 2.63 bits per heavy atom. The number of carbonyl (C=O) groups is 2. The van der Waals surface area contributed by atoms with Crippen LogP contribution in [0.3, 0.4) is 0 Å². The van der Waals surface area contributed by atoms with Crippen LogP contribution in [-0.2, 0) is 4.79 Å². The summed E-state index contributed by atoms with van der Waals surface area (Å²) in [4.78, 5) is 26.5. The standard InChI is InChI=1S/C21H22N6O3/c28-20(27-11-8-16(9-12-27)24-19-7-4-10-23-25-19)14-22-21(29)17-13-18(30-26-17)15-5-2-1-3-6-15/h1-7,10,13,16H,8-9,11-12,14H2,(H,22,29)(H,24,25). The number of carbonyl (C=O) groups excluding carboxylic acids is 2. The minimum atomic E-state index is -0.437. The lowest BCUT2D eigenvalue weighted by atomic mass is 10.0. The van der Waals surface area contributed by atoms with Gasteiger partial charge in [0.25, 0.3) is 5.91 Å². The van der Waals surface area contributed by atoms with Gasteiger partial charge in [0.1, 0.15) is 5.82 Å². The molecule has 1 fully saturated rings. The van der Waals surface area contributed by atoms with Crippen molar-refractivity contribution in [1.82, 2.24) is 25.6 Å². The van der Waals surface area contributed by atoms with Crippen LogP contribution in [0.2, 0.25) is 0 Å². The molecule has 0 saturated carbocycles. The zero-order chi connectivity index (χ0) is 20.8. The number of benzene rings is 1. The number of piperidine rings is 1. The van der Waals surface area contributed by atoms with Crippen molar-refractivity contribution in [2.75, 3.05) is 25.0 Å². The summed E-state index contributed by atoms with van der Waals surface area (Å²) in [5, 5.41) is 17.6. The number of nitrogens with one attached hydrogen (secondary N) is 2. The minimum Gasteiger partial charge on any atom is -0.366 e. The molecule has 1 aromatic carbocycles. The van der Waals surface area contributed by atoms with E-state index in [-0.39, 0.29) is 24.2 Å². The fourth-order valence-electron chi connectivity index (χ4n) is 3.34. The Labute approximate surface area is 173 Å². The van der Waals surface area contributed by atoms with Crippen LogP contribution < -0.4 is 10.6 Å². The maximum Gasteiger partial charge on any atom is 0.273 e. The van der Waals surface area contributed by atoms with Crippen molar-refractivity contribution < 1.29 is 14.1 Å². The molecule has 0 spiro atoms. The molecule has 3 heterocycles. The van der Waals surface area contributed by atoms with Gasteiger partial charge in [-0.15, -0.1) is 5.10 Å². The first kappa shape index (κ1) is 19.6. The predicted octanol–water partition coefficient (Wildman–Crippen LogP) is 1.96. The van der Waals surface area contributed by atoms with Gasteiger partial charge in [0.15, 0.2) is 11.5 Å². The fourth-order valence-corrected chi connectivity index (χ4v) is 3.34. The summed E-state index contributed by atoms with van der Waals surface area (Å²) >= 11 is 0. The lowest BCUT2D eigenvalue weighted by Gasteiger charge is -2.32. The molecule has 30 heavy (non-hydrogen) atoms. The number of nitrogens with zero attached hydrogens (tertiary/aromatic N) is 4. The summed E-state index contributed by atoms with van der Waals surface area (Å²) in [6.07, 6.45) is 3.24. The number of rotatable bonds is 6. The largest absolute Gasteiger partial charge is 0.366 e. The molecule has 3 aromatic rings. The molecule has 1 aliphatic rings. The summed E-state index contributed by atoms with van der Waals surface area (Å²) in [7, 11) is 0. The predicted molar refractivity (Wildman–Crippen MR) is 110 cm³/mol. The van der Waals surface area contributed by atoms with Gasteiger partial charge >= 0.3 is 0 Å². The number of likely N-dealkylation sites (tertiary alicyclic amines) is 1. The van der Waals surface area contributed by atoms with Gasteiger partial charge < -0.3 is 20.1 Å². The van der Waals surface area contributed by atoms with Gasteiger partial charge in [0.2, 0.25) is 5.91 Å². The molecule has 0 atom stereocenters. The molecule has 1 aliphatic heterocycles. The van der Waals surface area contributed by atoms with Gasteiger partial charge in [-0.1, -0.05) is 35.5 Å². The van der Waals surface area contributed by atoms with Crippen LogP contribution in [0.1, 0.15) is 23.3 Å². The van der Waals surface area contributed by atoms with Crippen molar-refractivity contribution >= 4 is 17.6 Å². The van der Waals surface area contributed by atoms with Gasteiger partial charge in [-0.05, 0) is 25.0 Å². The molecule has 2 N–H and O–H groups in total. The van der Waals surface area contributed by atoms with Crippen LogP contribution >= 0.6 is 0 Å². The van der Waals surface area contributed by atoms with Crippen LogP contribution in [0, 0.1) is 0 Å². The van der Waals surface area contributed by atoms with Crippen LogP contribution in [-0.4, -0.2) is 57.7 Å². The Morgan fingerprint density at radius 2 is 1.90 bits per heavy atom. The van der Waals surface area contributed by atoms with Gasteiger partial charge in [-0.3, -0.25) is 9.59 Å². The number of hydrogen-bond donors (Lipinski definition) is 2. The van der Waals surface area contributed by atoms with E-state index in [4.69, 9.17) is 4.52 Å². The van der Waals surface area contributed by atoms with E-state index in [9.17, 15) is 9.59 Å². The lowest BCUT2D eigenvalue weighted by molar-refractivity contribution is -0.131. The summed E-state index contributed by atoms with van der Waals surface area (Å²) in [5.74, 6) is 0.684. The summed E-state index contributed by atoms with van der Waals surface area (Å²) in [6.45, 7) is 1.16. The van der Waals surface area contributed by atoms with Crippen LogP contribution in [0.4, 0.5) is 5.82 Å². The molecule has 1 saturated heterocycles. The van der Waals surface area contributed by atoms with E-state index in [1.807, 2.05) is 42.5 Å². The molecular weight excluding hydrogens is 384 g/mol. The molecule has 154 valence electrons. The lowest BCUT2D eigenvalue weighted by Crippen LogP contribution is -2.46. The third kappa shape index (κ3) is 4.80. The number of aromatic nitrogens is 3. The smallest absolute Gasteiger partial charge is 0.273 e. The zero-order valence-corrected chi connectivity index (χ0v) is 16.3. The molecule has 0 unspecified atom stereocenters. The molecular formula is C21H22N6O3. The molecule has 0 bridgehead atoms. The molecule has 0 radical (unpaired) electrons. The average molecular weight is 406 g/mol. The van der Waals surface area contributed by atoms with Crippen LogP contribution in [0.15, 0.2) is 59.3 Å². The van der Waals surface area contributed by atoms with Gasteiger partial charge in [-0.25, -0.2) is 0 Å². The Bertz CT molecular complexity index is 984. The third-order valence-electron chi connectivity index (χ3n) is 4.97. The maximum atomic E-state index is 12.5. The van der Waals surface area contributed by atoms with Crippen molar-refractivity contribution in [2.45, 2.75) is 18.9 Å². The highest BCUT2D eigenvalue weighted by molar-refractivity contribution is 5.95. The van der Waals surface area contributed by atoms with Crippen molar-refractivity contribution in [3.8, 4) is 11.3 Å². The third-order valence-corrected chi connectivity index (χ3v) is 4.97. The van der Waals surface area contributed by atoms with Crippen LogP contribution in [0.25, 0.3) is 11.3 Å². The molecule has 2 aromatic heterocycles. The summed E-state index contributed by atoms with van der Waals surface area (Å²) in [5.41, 5.74) is 0.978. The quantitative estimate of drug-likeness (QED) is 0.643. The highest BCUT2D eigenvalue weighted by Crippen LogP contribution is 2.19.